The summed E-state index contributed by atoms with van der Waals surface area (Å²) in [5.41, 5.74) is 0. The molecule has 1 aliphatic rings. The molecule has 0 saturated carbocycles. The van der Waals surface area contributed by atoms with Crippen molar-refractivity contribution in [3.63, 3.8) is 0 Å². The van der Waals surface area contributed by atoms with Gasteiger partial charge in [0.2, 0.25) is 10.0 Å². The summed E-state index contributed by atoms with van der Waals surface area (Å²) in [7, 11) is -0.227. The smallest absolute Gasteiger partial charge is 0.218 e. The lowest BCUT2D eigenvalue weighted by molar-refractivity contribution is -0.00461. The van der Waals surface area contributed by atoms with Gasteiger partial charge < -0.3 is 9.47 Å². The molecule has 1 heterocycles. The Labute approximate surface area is 102 Å². The number of nitrogens with zero attached hydrogens (tertiary/aromatic N) is 1. The summed E-state index contributed by atoms with van der Waals surface area (Å²) in [6.45, 7) is 2.27. The summed E-state index contributed by atoms with van der Waals surface area (Å²) in [5, 5.41) is -0.581. The molecule has 0 amide bonds. The van der Waals surface area contributed by atoms with E-state index in [2.05, 4.69) is 0 Å². The summed E-state index contributed by atoms with van der Waals surface area (Å²) < 4.78 is 35.8. The van der Waals surface area contributed by atoms with E-state index in [-0.39, 0.29) is 18.1 Å². The Morgan fingerprint density at radius 2 is 1.75 bits per heavy atom. The molecule has 3 atom stereocenters. The van der Waals surface area contributed by atoms with E-state index < -0.39 is 15.3 Å². The molecule has 7 heteroatoms. The Morgan fingerprint density at radius 3 is 2.06 bits per heavy atom. The van der Waals surface area contributed by atoms with Gasteiger partial charge in [0.25, 0.3) is 0 Å². The maximum Gasteiger partial charge on any atom is 0.218 e. The van der Waals surface area contributed by atoms with Gasteiger partial charge in [-0.25, -0.2) is 8.42 Å². The van der Waals surface area contributed by atoms with Crippen LogP contribution in [0.5, 0.6) is 0 Å². The summed E-state index contributed by atoms with van der Waals surface area (Å²) in [5.74, 6) is 0.0914. The molecule has 96 valence electrons. The van der Waals surface area contributed by atoms with Crippen LogP contribution in [-0.4, -0.2) is 63.4 Å². The summed E-state index contributed by atoms with van der Waals surface area (Å²) in [4.78, 5) is 0. The van der Waals surface area contributed by atoms with Gasteiger partial charge in [0.15, 0.2) is 0 Å². The van der Waals surface area contributed by atoms with Crippen LogP contribution in [0.2, 0.25) is 0 Å². The molecule has 1 fully saturated rings. The average molecular weight is 272 g/mol. The largest absolute Gasteiger partial charge is 0.377 e. The molecule has 1 rings (SSSR count). The van der Waals surface area contributed by atoms with Crippen molar-refractivity contribution >= 4 is 21.6 Å². The first-order valence-corrected chi connectivity index (χ1v) is 7.11. The third-order valence-electron chi connectivity index (χ3n) is 2.87. The number of halogens is 1. The van der Waals surface area contributed by atoms with Crippen molar-refractivity contribution in [2.75, 3.05) is 33.2 Å². The lowest BCUT2D eigenvalue weighted by Crippen LogP contribution is -2.37. The van der Waals surface area contributed by atoms with Crippen LogP contribution in [0.3, 0.4) is 0 Å². The zero-order valence-electron chi connectivity index (χ0n) is 9.72. The fourth-order valence-corrected chi connectivity index (χ4v) is 3.56. The van der Waals surface area contributed by atoms with Crippen LogP contribution in [0.4, 0.5) is 0 Å². The van der Waals surface area contributed by atoms with Crippen molar-refractivity contribution in [3.8, 4) is 0 Å². The molecule has 0 aromatic heterocycles. The first-order valence-electron chi connectivity index (χ1n) is 5.07. The molecule has 1 saturated heterocycles. The van der Waals surface area contributed by atoms with Crippen LogP contribution in [0.15, 0.2) is 0 Å². The van der Waals surface area contributed by atoms with Crippen molar-refractivity contribution < 1.29 is 17.9 Å². The molecule has 5 nitrogen and oxygen atoms in total. The average Bonchev–Trinajstić information content (AvgIpc) is 2.71. The summed E-state index contributed by atoms with van der Waals surface area (Å²) in [6.07, 6.45) is -0.412. The highest BCUT2D eigenvalue weighted by atomic mass is 35.5. The highest BCUT2D eigenvalue weighted by molar-refractivity contribution is 7.89. The molecule has 1 aliphatic heterocycles. The molecule has 0 spiro atoms. The Morgan fingerprint density at radius 1 is 1.31 bits per heavy atom. The number of ether oxygens (including phenoxy) is 2. The van der Waals surface area contributed by atoms with Crippen LogP contribution < -0.4 is 0 Å². The molecule has 0 radical (unpaired) electrons. The van der Waals surface area contributed by atoms with Gasteiger partial charge in [0.1, 0.15) is 0 Å². The molecular formula is C9H18ClNO4S. The van der Waals surface area contributed by atoms with E-state index in [1.807, 2.05) is 0 Å². The predicted octanol–water partition coefficient (Wildman–Crippen LogP) is 0.289. The molecule has 0 N–H and O–H groups in total. The lowest BCUT2D eigenvalue weighted by atomic mass is 10.3. The maximum atomic E-state index is 12.0. The number of sulfonamides is 1. The van der Waals surface area contributed by atoms with E-state index in [9.17, 15) is 8.42 Å². The third-order valence-corrected chi connectivity index (χ3v) is 5.72. The normalized spacial score (nSPS) is 29.5. The monoisotopic (exact) mass is 271 g/mol. The van der Waals surface area contributed by atoms with Crippen molar-refractivity contribution in [1.82, 2.24) is 4.31 Å². The van der Waals surface area contributed by atoms with Crippen molar-refractivity contribution in [1.29, 1.82) is 0 Å². The van der Waals surface area contributed by atoms with Gasteiger partial charge in [-0.1, -0.05) is 0 Å². The highest BCUT2D eigenvalue weighted by Crippen LogP contribution is 2.21. The molecule has 0 aromatic rings. The van der Waals surface area contributed by atoms with E-state index in [1.54, 1.807) is 21.1 Å². The first kappa shape index (κ1) is 14.2. The minimum absolute atomic E-state index is 0.0914. The van der Waals surface area contributed by atoms with Gasteiger partial charge in [-0.2, -0.15) is 4.31 Å². The van der Waals surface area contributed by atoms with Crippen LogP contribution >= 0.6 is 11.6 Å². The molecule has 0 aliphatic carbocycles. The van der Waals surface area contributed by atoms with Gasteiger partial charge in [-0.15, -0.1) is 11.6 Å². The lowest BCUT2D eigenvalue weighted by Gasteiger charge is -2.19. The summed E-state index contributed by atoms with van der Waals surface area (Å²) >= 11 is 5.59. The molecule has 0 bridgehead atoms. The van der Waals surface area contributed by atoms with E-state index in [1.165, 1.54) is 4.31 Å². The van der Waals surface area contributed by atoms with Crippen molar-refractivity contribution in [2.24, 2.45) is 0 Å². The van der Waals surface area contributed by atoms with Crippen LogP contribution in [0.1, 0.15) is 6.92 Å². The predicted molar refractivity (Wildman–Crippen MR) is 62.3 cm³/mol. The Kier molecular flexibility index (Phi) is 5.00. The number of methoxy groups -OCH3 is 2. The van der Waals surface area contributed by atoms with Gasteiger partial charge >= 0.3 is 0 Å². The minimum atomic E-state index is -3.33. The Bertz CT molecular complexity index is 309. The van der Waals surface area contributed by atoms with E-state index in [0.29, 0.717) is 13.1 Å². The number of hydrogen-bond donors (Lipinski definition) is 0. The Balaban J connectivity index is 2.78. The van der Waals surface area contributed by atoms with E-state index in [4.69, 9.17) is 21.1 Å². The van der Waals surface area contributed by atoms with Crippen LogP contribution in [0, 0.1) is 0 Å². The SMILES string of the molecule is COC1CN(S(=O)(=O)C(C)CCl)CC1OC. The topological polar surface area (TPSA) is 55.8 Å². The van der Waals surface area contributed by atoms with Crippen LogP contribution in [0.25, 0.3) is 0 Å². The number of alkyl halides is 1. The Hall–Kier alpha value is 0.120. The van der Waals surface area contributed by atoms with Crippen molar-refractivity contribution in [3.05, 3.63) is 0 Å². The minimum Gasteiger partial charge on any atom is -0.377 e. The second-order valence-electron chi connectivity index (χ2n) is 3.88. The van der Waals surface area contributed by atoms with Gasteiger partial charge in [-0.05, 0) is 6.92 Å². The third kappa shape index (κ3) is 2.68. The van der Waals surface area contributed by atoms with Gasteiger partial charge in [-0.3, -0.25) is 0 Å². The summed E-state index contributed by atoms with van der Waals surface area (Å²) in [6, 6.07) is 0. The molecule has 0 aromatic carbocycles. The fourth-order valence-electron chi connectivity index (χ4n) is 1.71. The number of rotatable bonds is 5. The quantitative estimate of drug-likeness (QED) is 0.675. The number of hydrogen-bond acceptors (Lipinski definition) is 4. The second kappa shape index (κ2) is 5.64. The molecule has 3 unspecified atom stereocenters. The zero-order chi connectivity index (χ0) is 12.3. The maximum absolute atomic E-state index is 12.0. The van der Waals surface area contributed by atoms with E-state index in [0.717, 1.165) is 0 Å². The zero-order valence-corrected chi connectivity index (χ0v) is 11.3. The molecule has 16 heavy (non-hydrogen) atoms. The fraction of sp³-hybridized carbons (Fsp3) is 1.00. The van der Waals surface area contributed by atoms with E-state index >= 15 is 0 Å². The van der Waals surface area contributed by atoms with Gasteiger partial charge in [0.05, 0.1) is 17.5 Å². The van der Waals surface area contributed by atoms with Gasteiger partial charge in [0, 0.05) is 33.2 Å². The first-order chi connectivity index (χ1) is 7.47. The van der Waals surface area contributed by atoms with Crippen molar-refractivity contribution in [2.45, 2.75) is 24.4 Å². The highest BCUT2D eigenvalue weighted by Gasteiger charge is 2.40. The molecular weight excluding hydrogens is 254 g/mol. The van der Waals surface area contributed by atoms with Crippen LogP contribution in [-0.2, 0) is 19.5 Å². The second-order valence-corrected chi connectivity index (χ2v) is 6.53. The standard InChI is InChI=1S/C9H18ClNO4S/c1-7(4-10)16(12,13)11-5-8(14-2)9(6-11)15-3/h7-9H,4-6H2,1-3H3.